The molecule has 0 aromatic carbocycles. The van der Waals surface area contributed by atoms with Gasteiger partial charge in [-0.05, 0) is 11.8 Å². The van der Waals surface area contributed by atoms with E-state index in [1.54, 1.807) is 0 Å². The van der Waals surface area contributed by atoms with Gasteiger partial charge < -0.3 is 5.11 Å². The molecule has 1 unspecified atom stereocenters. The summed E-state index contributed by atoms with van der Waals surface area (Å²) in [6, 6.07) is 0. The van der Waals surface area contributed by atoms with E-state index in [0.717, 1.165) is 6.42 Å². The number of hydrogen-bond acceptors (Lipinski definition) is 4. The molecule has 0 saturated carbocycles. The van der Waals surface area contributed by atoms with Crippen LogP contribution in [0.25, 0.3) is 0 Å². The Kier molecular flexibility index (Phi) is 4.37. The van der Waals surface area contributed by atoms with Crippen molar-refractivity contribution in [1.82, 2.24) is 4.90 Å². The molecule has 0 aromatic rings. The highest BCUT2D eigenvalue weighted by Gasteiger charge is 2.24. The molecular formula is C11H23NO3S. The van der Waals surface area contributed by atoms with Gasteiger partial charge in [0.05, 0.1) is 17.6 Å². The highest BCUT2D eigenvalue weighted by Crippen LogP contribution is 2.21. The fraction of sp³-hybridized carbons (Fsp3) is 1.00. The Hall–Kier alpha value is -0.130. The zero-order valence-corrected chi connectivity index (χ0v) is 11.3. The molecule has 5 heteroatoms. The van der Waals surface area contributed by atoms with Crippen molar-refractivity contribution >= 4 is 9.84 Å². The zero-order valence-electron chi connectivity index (χ0n) is 10.4. The Labute approximate surface area is 98.6 Å². The number of aliphatic hydroxyl groups is 1. The van der Waals surface area contributed by atoms with Crippen LogP contribution < -0.4 is 0 Å². The van der Waals surface area contributed by atoms with Crippen molar-refractivity contribution in [1.29, 1.82) is 0 Å². The molecule has 1 fully saturated rings. The molecule has 1 saturated heterocycles. The van der Waals surface area contributed by atoms with Crippen LogP contribution in [-0.2, 0) is 9.84 Å². The van der Waals surface area contributed by atoms with Crippen LogP contribution in [0.15, 0.2) is 0 Å². The lowest BCUT2D eigenvalue weighted by atomic mass is 9.89. The Bertz CT molecular complexity index is 305. The number of hydrogen-bond donors (Lipinski definition) is 1. The van der Waals surface area contributed by atoms with Gasteiger partial charge in [0.25, 0.3) is 0 Å². The summed E-state index contributed by atoms with van der Waals surface area (Å²) in [5.41, 5.74) is 0.112. The third-order valence-electron chi connectivity index (χ3n) is 2.75. The van der Waals surface area contributed by atoms with Crippen molar-refractivity contribution in [3.8, 4) is 0 Å². The predicted octanol–water partition coefficient (Wildman–Crippen LogP) is 0.514. The maximum absolute atomic E-state index is 11.2. The summed E-state index contributed by atoms with van der Waals surface area (Å²) in [6.07, 6.45) is 0.386. The second kappa shape index (κ2) is 5.02. The van der Waals surface area contributed by atoms with E-state index in [0.29, 0.717) is 19.6 Å². The van der Waals surface area contributed by atoms with Crippen molar-refractivity contribution in [2.75, 3.05) is 31.1 Å². The van der Waals surface area contributed by atoms with Crippen molar-refractivity contribution in [2.24, 2.45) is 5.41 Å². The lowest BCUT2D eigenvalue weighted by Crippen LogP contribution is -2.44. The first-order chi connectivity index (χ1) is 7.18. The van der Waals surface area contributed by atoms with Gasteiger partial charge in [0.1, 0.15) is 0 Å². The van der Waals surface area contributed by atoms with E-state index in [-0.39, 0.29) is 23.0 Å². The summed E-state index contributed by atoms with van der Waals surface area (Å²) < 4.78 is 22.4. The van der Waals surface area contributed by atoms with Gasteiger partial charge >= 0.3 is 0 Å². The van der Waals surface area contributed by atoms with Crippen molar-refractivity contribution in [3.05, 3.63) is 0 Å². The maximum atomic E-state index is 11.2. The van der Waals surface area contributed by atoms with E-state index in [1.807, 2.05) is 4.90 Å². The minimum absolute atomic E-state index is 0.112. The smallest absolute Gasteiger partial charge is 0.152 e. The van der Waals surface area contributed by atoms with Crippen LogP contribution in [0.2, 0.25) is 0 Å². The number of sulfone groups is 1. The third-order valence-corrected chi connectivity index (χ3v) is 4.36. The van der Waals surface area contributed by atoms with Crippen LogP contribution in [0, 0.1) is 5.41 Å². The van der Waals surface area contributed by atoms with E-state index in [4.69, 9.17) is 0 Å². The highest BCUT2D eigenvalue weighted by molar-refractivity contribution is 7.91. The van der Waals surface area contributed by atoms with Crippen LogP contribution in [0.3, 0.4) is 0 Å². The summed E-state index contributed by atoms with van der Waals surface area (Å²) in [5.74, 6) is 0.463. The second-order valence-corrected chi connectivity index (χ2v) is 8.17. The van der Waals surface area contributed by atoms with Gasteiger partial charge in [-0.15, -0.1) is 0 Å². The number of rotatable bonds is 3. The SMILES string of the molecule is CC(C)(C)CC(O)CN1CCS(=O)(=O)CC1. The maximum Gasteiger partial charge on any atom is 0.152 e. The van der Waals surface area contributed by atoms with E-state index in [2.05, 4.69) is 20.8 Å². The van der Waals surface area contributed by atoms with E-state index in [9.17, 15) is 13.5 Å². The third kappa shape index (κ3) is 5.27. The van der Waals surface area contributed by atoms with Crippen molar-refractivity contribution < 1.29 is 13.5 Å². The largest absolute Gasteiger partial charge is 0.392 e. The molecule has 0 aliphatic carbocycles. The fourth-order valence-electron chi connectivity index (χ4n) is 2.00. The summed E-state index contributed by atoms with van der Waals surface area (Å²) >= 11 is 0. The molecule has 1 rings (SSSR count). The van der Waals surface area contributed by atoms with Gasteiger partial charge in [0, 0.05) is 19.6 Å². The molecule has 0 spiro atoms. The fourth-order valence-corrected chi connectivity index (χ4v) is 3.28. The van der Waals surface area contributed by atoms with Crippen molar-refractivity contribution in [3.63, 3.8) is 0 Å². The molecule has 96 valence electrons. The van der Waals surface area contributed by atoms with Crippen LogP contribution in [0.4, 0.5) is 0 Å². The van der Waals surface area contributed by atoms with Crippen LogP contribution in [0.5, 0.6) is 0 Å². The second-order valence-electron chi connectivity index (χ2n) is 5.87. The average Bonchev–Trinajstić information content (AvgIpc) is 2.05. The Morgan fingerprint density at radius 3 is 2.19 bits per heavy atom. The molecule has 0 aromatic heterocycles. The first-order valence-electron chi connectivity index (χ1n) is 5.79. The van der Waals surface area contributed by atoms with Crippen LogP contribution in [-0.4, -0.2) is 55.7 Å². The Morgan fingerprint density at radius 2 is 1.75 bits per heavy atom. The molecule has 1 aliphatic heterocycles. The molecule has 1 heterocycles. The first kappa shape index (κ1) is 13.9. The van der Waals surface area contributed by atoms with Crippen LogP contribution in [0.1, 0.15) is 27.2 Å². The minimum Gasteiger partial charge on any atom is -0.392 e. The van der Waals surface area contributed by atoms with E-state index < -0.39 is 9.84 Å². The summed E-state index contributed by atoms with van der Waals surface area (Å²) in [4.78, 5) is 2.04. The lowest BCUT2D eigenvalue weighted by Gasteiger charge is -2.30. The zero-order chi connectivity index (χ0) is 12.4. The summed E-state index contributed by atoms with van der Waals surface area (Å²) in [7, 11) is -2.81. The minimum atomic E-state index is -2.81. The molecule has 16 heavy (non-hydrogen) atoms. The topological polar surface area (TPSA) is 57.6 Å². The first-order valence-corrected chi connectivity index (χ1v) is 7.61. The standard InChI is InChI=1S/C11H23NO3S/c1-11(2,3)8-10(13)9-12-4-6-16(14,15)7-5-12/h10,13H,4-9H2,1-3H3. The van der Waals surface area contributed by atoms with Gasteiger partial charge in [-0.2, -0.15) is 0 Å². The molecule has 4 nitrogen and oxygen atoms in total. The number of aliphatic hydroxyl groups excluding tert-OH is 1. The average molecular weight is 249 g/mol. The Balaban J connectivity index is 2.34. The molecule has 1 aliphatic rings. The predicted molar refractivity (Wildman–Crippen MR) is 65.2 cm³/mol. The van der Waals surface area contributed by atoms with Crippen LogP contribution >= 0.6 is 0 Å². The summed E-state index contributed by atoms with van der Waals surface area (Å²) in [5, 5.41) is 9.88. The quantitative estimate of drug-likeness (QED) is 0.792. The number of β-amino-alcohol motifs (C(OH)–C–C–N with tert-alkyl or cyclic N) is 1. The van der Waals surface area contributed by atoms with Crippen molar-refractivity contribution in [2.45, 2.75) is 33.3 Å². The lowest BCUT2D eigenvalue weighted by molar-refractivity contribution is 0.0799. The molecule has 0 radical (unpaired) electrons. The summed E-state index contributed by atoms with van der Waals surface area (Å²) in [6.45, 7) is 7.99. The van der Waals surface area contributed by atoms with E-state index in [1.165, 1.54) is 0 Å². The monoisotopic (exact) mass is 249 g/mol. The molecular weight excluding hydrogens is 226 g/mol. The normalized spacial score (nSPS) is 24.2. The van der Waals surface area contributed by atoms with Gasteiger partial charge in [-0.25, -0.2) is 8.42 Å². The van der Waals surface area contributed by atoms with Gasteiger partial charge in [-0.1, -0.05) is 20.8 Å². The molecule has 1 N–H and O–H groups in total. The van der Waals surface area contributed by atoms with Gasteiger partial charge in [0.2, 0.25) is 0 Å². The Morgan fingerprint density at radius 1 is 1.25 bits per heavy atom. The molecule has 1 atom stereocenters. The number of nitrogens with zero attached hydrogens (tertiary/aromatic N) is 1. The van der Waals surface area contributed by atoms with Gasteiger partial charge in [0.15, 0.2) is 9.84 Å². The van der Waals surface area contributed by atoms with Gasteiger partial charge in [-0.3, -0.25) is 4.90 Å². The van der Waals surface area contributed by atoms with E-state index >= 15 is 0 Å². The highest BCUT2D eigenvalue weighted by atomic mass is 32.2. The molecule has 0 amide bonds. The molecule has 0 bridgehead atoms.